The first-order valence-corrected chi connectivity index (χ1v) is 8.08. The smallest absolute Gasteiger partial charge is 0.419 e. The summed E-state index contributed by atoms with van der Waals surface area (Å²) in [6, 6.07) is 8.14. The highest BCUT2D eigenvalue weighted by Crippen LogP contribution is 2.36. The standard InChI is InChI=1S/C18H17F3N2O3/c19-18(20,21)14-5-1-2-6-15(14)26-11-12-7-9-23(10-12)16-13(17(24)25)4-3-8-22-16/h1-6,8,12H,7,9-11H2,(H,24,25). The molecule has 0 bridgehead atoms. The number of pyridine rings is 1. The fourth-order valence-electron chi connectivity index (χ4n) is 3.01. The average molecular weight is 366 g/mol. The van der Waals surface area contributed by atoms with Crippen molar-refractivity contribution in [2.75, 3.05) is 24.6 Å². The number of halogens is 3. The molecule has 1 aromatic carbocycles. The predicted molar refractivity (Wildman–Crippen MR) is 88.5 cm³/mol. The Morgan fingerprint density at radius 2 is 2.04 bits per heavy atom. The van der Waals surface area contributed by atoms with Crippen LogP contribution in [0.4, 0.5) is 19.0 Å². The number of carboxylic acid groups (broad SMARTS) is 1. The monoisotopic (exact) mass is 366 g/mol. The molecule has 1 aromatic heterocycles. The number of anilines is 1. The fraction of sp³-hybridized carbons (Fsp3) is 0.333. The molecule has 0 amide bonds. The molecule has 0 radical (unpaired) electrons. The van der Waals surface area contributed by atoms with Crippen LogP contribution in [-0.4, -0.2) is 35.8 Å². The highest BCUT2D eigenvalue weighted by molar-refractivity contribution is 5.93. The first kappa shape index (κ1) is 18.0. The topological polar surface area (TPSA) is 62.7 Å². The average Bonchev–Trinajstić information content (AvgIpc) is 3.08. The third kappa shape index (κ3) is 3.89. The fourth-order valence-corrected chi connectivity index (χ4v) is 3.01. The van der Waals surface area contributed by atoms with Crippen LogP contribution < -0.4 is 9.64 Å². The van der Waals surface area contributed by atoms with Crippen LogP contribution in [0, 0.1) is 5.92 Å². The van der Waals surface area contributed by atoms with E-state index >= 15 is 0 Å². The summed E-state index contributed by atoms with van der Waals surface area (Å²) in [5.41, 5.74) is -0.691. The molecule has 0 spiro atoms. The van der Waals surface area contributed by atoms with E-state index in [2.05, 4.69) is 4.98 Å². The lowest BCUT2D eigenvalue weighted by molar-refractivity contribution is -0.139. The van der Waals surface area contributed by atoms with Gasteiger partial charge in [-0.3, -0.25) is 0 Å². The molecule has 1 unspecified atom stereocenters. The van der Waals surface area contributed by atoms with Crippen molar-refractivity contribution in [1.82, 2.24) is 4.98 Å². The van der Waals surface area contributed by atoms with Gasteiger partial charge in [-0.25, -0.2) is 9.78 Å². The number of aromatic carboxylic acids is 1. The van der Waals surface area contributed by atoms with Crippen LogP contribution in [0.5, 0.6) is 5.75 Å². The van der Waals surface area contributed by atoms with Gasteiger partial charge < -0.3 is 14.7 Å². The van der Waals surface area contributed by atoms with E-state index in [4.69, 9.17) is 4.74 Å². The normalized spacial score (nSPS) is 17.3. The number of ether oxygens (including phenoxy) is 1. The molecule has 1 aliphatic rings. The van der Waals surface area contributed by atoms with Gasteiger partial charge in [-0.1, -0.05) is 12.1 Å². The molecule has 0 aliphatic carbocycles. The second kappa shape index (κ2) is 7.23. The zero-order valence-corrected chi connectivity index (χ0v) is 13.7. The summed E-state index contributed by atoms with van der Waals surface area (Å²) in [6.07, 6.45) is -2.27. The summed E-state index contributed by atoms with van der Waals surface area (Å²) in [4.78, 5) is 17.3. The van der Waals surface area contributed by atoms with Gasteiger partial charge in [0, 0.05) is 25.2 Å². The van der Waals surface area contributed by atoms with Crippen molar-refractivity contribution in [2.24, 2.45) is 5.92 Å². The zero-order valence-electron chi connectivity index (χ0n) is 13.7. The molecule has 8 heteroatoms. The van der Waals surface area contributed by atoms with Crippen molar-refractivity contribution >= 4 is 11.8 Å². The Morgan fingerprint density at radius 3 is 2.77 bits per heavy atom. The predicted octanol–water partition coefficient (Wildman–Crippen LogP) is 3.70. The molecule has 5 nitrogen and oxygen atoms in total. The van der Waals surface area contributed by atoms with Crippen molar-refractivity contribution in [1.29, 1.82) is 0 Å². The van der Waals surface area contributed by atoms with Crippen LogP contribution >= 0.6 is 0 Å². The number of benzene rings is 1. The second-order valence-electron chi connectivity index (χ2n) is 6.09. The van der Waals surface area contributed by atoms with Crippen molar-refractivity contribution in [2.45, 2.75) is 12.6 Å². The van der Waals surface area contributed by atoms with E-state index in [-0.39, 0.29) is 23.8 Å². The van der Waals surface area contributed by atoms with Gasteiger partial charge in [0.2, 0.25) is 0 Å². The molecule has 3 rings (SSSR count). The van der Waals surface area contributed by atoms with Crippen LogP contribution in [0.1, 0.15) is 22.3 Å². The lowest BCUT2D eigenvalue weighted by atomic mass is 10.1. The Morgan fingerprint density at radius 1 is 1.27 bits per heavy atom. The van der Waals surface area contributed by atoms with Crippen LogP contribution in [0.25, 0.3) is 0 Å². The minimum atomic E-state index is -4.47. The highest BCUT2D eigenvalue weighted by atomic mass is 19.4. The Bertz CT molecular complexity index is 795. The number of hydrogen-bond donors (Lipinski definition) is 1. The van der Waals surface area contributed by atoms with Crippen LogP contribution in [0.3, 0.4) is 0 Å². The second-order valence-corrected chi connectivity index (χ2v) is 6.09. The van der Waals surface area contributed by atoms with Crippen LogP contribution in [0.2, 0.25) is 0 Å². The molecule has 1 atom stereocenters. The van der Waals surface area contributed by atoms with E-state index in [1.807, 2.05) is 4.90 Å². The molecule has 1 aliphatic heterocycles. The molecule has 26 heavy (non-hydrogen) atoms. The van der Waals surface area contributed by atoms with Gasteiger partial charge in [0.05, 0.1) is 12.2 Å². The number of aromatic nitrogens is 1. The summed E-state index contributed by atoms with van der Waals surface area (Å²) in [6.45, 7) is 1.18. The highest BCUT2D eigenvalue weighted by Gasteiger charge is 2.34. The first-order chi connectivity index (χ1) is 12.4. The summed E-state index contributed by atoms with van der Waals surface area (Å²) < 4.78 is 44.4. The van der Waals surface area contributed by atoms with Gasteiger partial charge in [0.15, 0.2) is 0 Å². The Hall–Kier alpha value is -2.77. The number of hydrogen-bond acceptors (Lipinski definition) is 4. The van der Waals surface area contributed by atoms with E-state index in [0.717, 1.165) is 6.07 Å². The Labute approximate surface area is 148 Å². The number of para-hydroxylation sites is 1. The lowest BCUT2D eigenvalue weighted by Gasteiger charge is -2.20. The third-order valence-electron chi connectivity index (χ3n) is 4.27. The van der Waals surface area contributed by atoms with E-state index in [1.165, 1.54) is 30.5 Å². The molecular weight excluding hydrogens is 349 g/mol. The zero-order chi connectivity index (χ0) is 18.7. The van der Waals surface area contributed by atoms with Crippen molar-refractivity contribution in [3.8, 4) is 5.75 Å². The molecular formula is C18H17F3N2O3. The molecule has 2 aromatic rings. The third-order valence-corrected chi connectivity index (χ3v) is 4.27. The van der Waals surface area contributed by atoms with Crippen molar-refractivity contribution in [3.63, 3.8) is 0 Å². The van der Waals surface area contributed by atoms with E-state index < -0.39 is 17.7 Å². The first-order valence-electron chi connectivity index (χ1n) is 8.08. The summed E-state index contributed by atoms with van der Waals surface area (Å²) >= 11 is 0. The largest absolute Gasteiger partial charge is 0.493 e. The SMILES string of the molecule is O=C(O)c1cccnc1N1CCC(COc2ccccc2C(F)(F)F)C1. The summed E-state index contributed by atoms with van der Waals surface area (Å²) in [7, 11) is 0. The molecule has 1 N–H and O–H groups in total. The maximum absolute atomic E-state index is 13.0. The maximum atomic E-state index is 13.0. The Balaban J connectivity index is 1.66. The quantitative estimate of drug-likeness (QED) is 0.874. The number of carboxylic acids is 1. The molecule has 0 saturated carbocycles. The van der Waals surface area contributed by atoms with Crippen LogP contribution in [0.15, 0.2) is 42.6 Å². The maximum Gasteiger partial charge on any atom is 0.419 e. The lowest BCUT2D eigenvalue weighted by Crippen LogP contribution is -2.25. The van der Waals surface area contributed by atoms with Gasteiger partial charge in [-0.05, 0) is 30.7 Å². The molecule has 1 saturated heterocycles. The van der Waals surface area contributed by atoms with Crippen molar-refractivity contribution < 1.29 is 27.8 Å². The van der Waals surface area contributed by atoms with Gasteiger partial charge >= 0.3 is 12.1 Å². The molecule has 2 heterocycles. The summed E-state index contributed by atoms with van der Waals surface area (Å²) in [5.74, 6) is -0.896. The number of alkyl halides is 3. The minimum Gasteiger partial charge on any atom is -0.493 e. The van der Waals surface area contributed by atoms with Crippen molar-refractivity contribution in [3.05, 3.63) is 53.7 Å². The molecule has 1 fully saturated rings. The van der Waals surface area contributed by atoms with Crippen LogP contribution in [-0.2, 0) is 6.18 Å². The van der Waals surface area contributed by atoms with Gasteiger partial charge in [-0.15, -0.1) is 0 Å². The van der Waals surface area contributed by atoms with Gasteiger partial charge in [0.25, 0.3) is 0 Å². The van der Waals surface area contributed by atoms with E-state index in [0.29, 0.717) is 25.3 Å². The van der Waals surface area contributed by atoms with E-state index in [1.54, 1.807) is 6.07 Å². The number of nitrogens with zero attached hydrogens (tertiary/aromatic N) is 2. The minimum absolute atomic E-state index is 0.0139. The van der Waals surface area contributed by atoms with Gasteiger partial charge in [0.1, 0.15) is 17.1 Å². The number of carbonyl (C=O) groups is 1. The number of rotatable bonds is 5. The van der Waals surface area contributed by atoms with Gasteiger partial charge in [-0.2, -0.15) is 13.2 Å². The van der Waals surface area contributed by atoms with E-state index in [9.17, 15) is 23.1 Å². The Kier molecular flexibility index (Phi) is 5.01. The summed E-state index contributed by atoms with van der Waals surface area (Å²) in [5, 5.41) is 9.25. The molecule has 138 valence electrons.